The van der Waals surface area contributed by atoms with Crippen LogP contribution in [0.1, 0.15) is 17.5 Å². The Morgan fingerprint density at radius 2 is 2.28 bits per heavy atom. The third kappa shape index (κ3) is 2.68. The second-order valence-corrected chi connectivity index (χ2v) is 4.71. The highest BCUT2D eigenvalue weighted by Crippen LogP contribution is 2.18. The Bertz CT molecular complexity index is 699. The lowest BCUT2D eigenvalue weighted by Crippen LogP contribution is -2.13. The first-order valence-corrected chi connectivity index (χ1v) is 6.24. The van der Waals surface area contributed by atoms with E-state index in [0.717, 1.165) is 11.4 Å². The number of aromatic nitrogens is 4. The molecule has 0 amide bonds. The highest BCUT2D eigenvalue weighted by molar-refractivity contribution is 7.71. The summed E-state index contributed by atoms with van der Waals surface area (Å²) in [6.07, 6.45) is 2.00. The van der Waals surface area contributed by atoms with Gasteiger partial charge in [0.15, 0.2) is 4.77 Å². The molecule has 0 fully saturated rings. The van der Waals surface area contributed by atoms with Crippen LogP contribution in [0.15, 0.2) is 9.79 Å². The fraction of sp³-hybridized carbons (Fsp3) is 0.222. The molecule has 94 valence electrons. The maximum Gasteiger partial charge on any atom is 0.264 e. The smallest absolute Gasteiger partial charge is 0.264 e. The molecule has 0 unspecified atom stereocenters. The van der Waals surface area contributed by atoms with Crippen molar-refractivity contribution in [2.75, 3.05) is 0 Å². The molecule has 0 aliphatic carbocycles. The normalized spacial score (nSPS) is 11.2. The van der Waals surface area contributed by atoms with E-state index in [9.17, 15) is 9.90 Å². The van der Waals surface area contributed by atoms with Gasteiger partial charge in [0.2, 0.25) is 11.0 Å². The SMILES string of the molecule is CCc1nnc(N=Cc2c(O)[nH]c(=S)[nH]c2=O)s1. The number of aromatic hydroxyl groups is 1. The first-order chi connectivity index (χ1) is 8.60. The lowest BCUT2D eigenvalue weighted by molar-refractivity contribution is 0.449. The maximum absolute atomic E-state index is 11.5. The van der Waals surface area contributed by atoms with E-state index >= 15 is 0 Å². The quantitative estimate of drug-likeness (QED) is 0.581. The van der Waals surface area contributed by atoms with Gasteiger partial charge in [0.25, 0.3) is 5.56 Å². The maximum atomic E-state index is 11.5. The number of hydrogen-bond acceptors (Lipinski definition) is 7. The van der Waals surface area contributed by atoms with Crippen molar-refractivity contribution in [2.24, 2.45) is 4.99 Å². The molecule has 9 heteroatoms. The van der Waals surface area contributed by atoms with Gasteiger partial charge in [-0.3, -0.25) is 9.78 Å². The van der Waals surface area contributed by atoms with E-state index in [1.54, 1.807) is 0 Å². The number of aliphatic imine (C=N–C) groups is 1. The van der Waals surface area contributed by atoms with Gasteiger partial charge in [-0.15, -0.1) is 10.2 Å². The van der Waals surface area contributed by atoms with Gasteiger partial charge in [0, 0.05) is 6.21 Å². The summed E-state index contributed by atoms with van der Waals surface area (Å²) in [6.45, 7) is 1.96. The fourth-order valence-electron chi connectivity index (χ4n) is 1.16. The van der Waals surface area contributed by atoms with Crippen LogP contribution in [0.2, 0.25) is 0 Å². The van der Waals surface area contributed by atoms with Gasteiger partial charge in [-0.25, -0.2) is 4.99 Å². The number of aryl methyl sites for hydroxylation is 1. The summed E-state index contributed by atoms with van der Waals surface area (Å²) in [5, 5.41) is 18.5. The van der Waals surface area contributed by atoms with Crippen LogP contribution < -0.4 is 5.56 Å². The molecular formula is C9H9N5O2S2. The van der Waals surface area contributed by atoms with E-state index in [-0.39, 0.29) is 16.2 Å². The fourth-order valence-corrected chi connectivity index (χ4v) is 1.98. The lowest BCUT2D eigenvalue weighted by atomic mass is 10.3. The minimum absolute atomic E-state index is 0.00292. The van der Waals surface area contributed by atoms with Gasteiger partial charge >= 0.3 is 0 Å². The number of hydrogen-bond donors (Lipinski definition) is 3. The molecule has 3 N–H and O–H groups in total. The summed E-state index contributed by atoms with van der Waals surface area (Å²) in [7, 11) is 0. The van der Waals surface area contributed by atoms with Gasteiger partial charge in [0.1, 0.15) is 10.6 Å². The minimum Gasteiger partial charge on any atom is -0.494 e. The van der Waals surface area contributed by atoms with Gasteiger partial charge in [-0.1, -0.05) is 18.3 Å². The third-order valence-corrected chi connectivity index (χ3v) is 3.20. The second kappa shape index (κ2) is 5.19. The number of nitrogens with zero attached hydrogens (tertiary/aromatic N) is 3. The second-order valence-electron chi connectivity index (χ2n) is 3.26. The Balaban J connectivity index is 2.34. The molecule has 0 aliphatic heterocycles. The molecule has 0 aromatic carbocycles. The Morgan fingerprint density at radius 3 is 2.89 bits per heavy atom. The highest BCUT2D eigenvalue weighted by atomic mass is 32.1. The summed E-state index contributed by atoms with van der Waals surface area (Å²) in [5.41, 5.74) is -0.517. The first-order valence-electron chi connectivity index (χ1n) is 5.02. The Hall–Kier alpha value is -1.87. The van der Waals surface area contributed by atoms with Crippen LogP contribution in [0.5, 0.6) is 5.88 Å². The van der Waals surface area contributed by atoms with Crippen molar-refractivity contribution >= 4 is 34.9 Å². The van der Waals surface area contributed by atoms with E-state index in [4.69, 9.17) is 12.2 Å². The monoisotopic (exact) mass is 283 g/mol. The molecule has 0 bridgehead atoms. The molecule has 0 spiro atoms. The number of aromatic amines is 2. The minimum atomic E-state index is -0.514. The van der Waals surface area contributed by atoms with Crippen LogP contribution >= 0.6 is 23.6 Å². The standard InChI is InChI=1S/C9H9N5O2S2/c1-2-5-13-14-9(18-5)10-3-4-6(15)11-8(17)12-7(4)16/h3H,2H2,1H3,(H3,11,12,15,16,17). The Labute approximate surface area is 110 Å². The zero-order chi connectivity index (χ0) is 13.1. The summed E-state index contributed by atoms with van der Waals surface area (Å²) >= 11 is 6.03. The van der Waals surface area contributed by atoms with Crippen LogP contribution in [0, 0.1) is 4.77 Å². The van der Waals surface area contributed by atoms with Gasteiger partial charge in [-0.2, -0.15) is 0 Å². The van der Waals surface area contributed by atoms with Crippen LogP contribution in [-0.2, 0) is 6.42 Å². The number of H-pyrrole nitrogens is 2. The van der Waals surface area contributed by atoms with Crippen molar-refractivity contribution in [3.63, 3.8) is 0 Å². The molecule has 0 radical (unpaired) electrons. The summed E-state index contributed by atoms with van der Waals surface area (Å²) in [6, 6.07) is 0. The molecule has 0 aliphatic rings. The van der Waals surface area contributed by atoms with Crippen LogP contribution in [0.25, 0.3) is 0 Å². The van der Waals surface area contributed by atoms with Gasteiger partial charge in [0.05, 0.1) is 0 Å². The molecule has 0 saturated heterocycles. The Kier molecular flexibility index (Phi) is 3.63. The molecule has 0 atom stereocenters. The van der Waals surface area contributed by atoms with E-state index in [2.05, 4.69) is 25.2 Å². The molecule has 2 heterocycles. The largest absolute Gasteiger partial charge is 0.494 e. The van der Waals surface area contributed by atoms with E-state index in [0.29, 0.717) is 5.13 Å². The van der Waals surface area contributed by atoms with Crippen LogP contribution in [0.4, 0.5) is 5.13 Å². The third-order valence-electron chi connectivity index (χ3n) is 2.02. The van der Waals surface area contributed by atoms with Crippen LogP contribution in [-0.4, -0.2) is 31.5 Å². The molecule has 2 aromatic heterocycles. The average Bonchev–Trinajstić information content (AvgIpc) is 2.75. The summed E-state index contributed by atoms with van der Waals surface area (Å²) in [5.74, 6) is -0.326. The van der Waals surface area contributed by atoms with Gasteiger partial charge in [-0.05, 0) is 18.6 Å². The highest BCUT2D eigenvalue weighted by Gasteiger charge is 2.05. The molecule has 18 heavy (non-hydrogen) atoms. The molecule has 7 nitrogen and oxygen atoms in total. The lowest BCUT2D eigenvalue weighted by Gasteiger charge is -1.95. The van der Waals surface area contributed by atoms with E-state index in [1.807, 2.05) is 6.92 Å². The topological polar surface area (TPSA) is 107 Å². The van der Waals surface area contributed by atoms with Crippen molar-refractivity contribution < 1.29 is 5.11 Å². The number of nitrogens with one attached hydrogen (secondary N) is 2. The predicted octanol–water partition coefficient (Wildman–Crippen LogP) is 1.30. The van der Waals surface area contributed by atoms with Crippen molar-refractivity contribution in [1.29, 1.82) is 0 Å². The first kappa shape index (κ1) is 12.6. The van der Waals surface area contributed by atoms with E-state index in [1.165, 1.54) is 17.6 Å². The number of rotatable bonds is 3. The molecule has 0 saturated carbocycles. The molecule has 2 rings (SSSR count). The zero-order valence-corrected chi connectivity index (χ0v) is 10.9. The zero-order valence-electron chi connectivity index (χ0n) is 9.30. The van der Waals surface area contributed by atoms with Gasteiger partial charge < -0.3 is 10.1 Å². The van der Waals surface area contributed by atoms with Crippen molar-refractivity contribution in [3.8, 4) is 5.88 Å². The van der Waals surface area contributed by atoms with Crippen LogP contribution in [0.3, 0.4) is 0 Å². The summed E-state index contributed by atoms with van der Waals surface area (Å²) < 4.78 is 0.0545. The summed E-state index contributed by atoms with van der Waals surface area (Å²) in [4.78, 5) is 20.3. The van der Waals surface area contributed by atoms with Crippen molar-refractivity contribution in [1.82, 2.24) is 20.2 Å². The van der Waals surface area contributed by atoms with E-state index < -0.39 is 5.56 Å². The average molecular weight is 283 g/mol. The molecule has 2 aromatic rings. The molecular weight excluding hydrogens is 274 g/mol. The Morgan fingerprint density at radius 1 is 1.50 bits per heavy atom. The van der Waals surface area contributed by atoms with Crippen molar-refractivity contribution in [2.45, 2.75) is 13.3 Å². The van der Waals surface area contributed by atoms with Crippen molar-refractivity contribution in [3.05, 3.63) is 25.7 Å². The predicted molar refractivity (Wildman–Crippen MR) is 70.5 cm³/mol.